The predicted molar refractivity (Wildman–Crippen MR) is 97.7 cm³/mol. The van der Waals surface area contributed by atoms with Gasteiger partial charge in [-0.05, 0) is 49.4 Å². The number of benzene rings is 2. The Hall–Kier alpha value is -3.13. The van der Waals surface area contributed by atoms with Crippen molar-refractivity contribution in [3.05, 3.63) is 76.7 Å². The molecule has 0 spiro atoms. The van der Waals surface area contributed by atoms with Crippen LogP contribution in [0.2, 0.25) is 5.02 Å². The maximum atomic E-state index is 12.8. The van der Waals surface area contributed by atoms with E-state index in [1.54, 1.807) is 30.3 Å². The molecular weight excluding hydrogens is 395 g/mol. The van der Waals surface area contributed by atoms with Gasteiger partial charge in [0.2, 0.25) is 5.88 Å². The van der Waals surface area contributed by atoms with E-state index in [1.165, 1.54) is 25.1 Å². The maximum Gasteiger partial charge on any atom is 0.433 e. The Morgan fingerprint density at radius 2 is 1.79 bits per heavy atom. The molecule has 0 fully saturated rings. The van der Waals surface area contributed by atoms with E-state index in [2.05, 4.69) is 15.3 Å². The second-order valence-corrected chi connectivity index (χ2v) is 6.16. The monoisotopic (exact) mass is 407 g/mol. The SMILES string of the molecule is Cc1nc(Oc2ccc(NC(=O)c3cccc(Cl)c3)cc2)cc(C(F)(F)F)n1. The second-order valence-electron chi connectivity index (χ2n) is 5.73. The number of nitrogens with one attached hydrogen (secondary N) is 1. The predicted octanol–water partition coefficient (Wildman–Crippen LogP) is 5.50. The van der Waals surface area contributed by atoms with E-state index in [0.29, 0.717) is 16.3 Å². The number of hydrogen-bond acceptors (Lipinski definition) is 4. The van der Waals surface area contributed by atoms with Gasteiger partial charge in [-0.25, -0.2) is 4.98 Å². The minimum atomic E-state index is -4.60. The van der Waals surface area contributed by atoms with Crippen LogP contribution in [0.5, 0.6) is 11.6 Å². The Kier molecular flexibility index (Phi) is 5.51. The number of anilines is 1. The number of carbonyl (C=O) groups is 1. The zero-order valence-corrected chi connectivity index (χ0v) is 15.2. The molecule has 2 aromatic carbocycles. The first-order valence-electron chi connectivity index (χ1n) is 7.98. The molecule has 0 aliphatic rings. The average Bonchev–Trinajstić information content (AvgIpc) is 2.62. The summed E-state index contributed by atoms with van der Waals surface area (Å²) in [5.74, 6) is -0.379. The van der Waals surface area contributed by atoms with Crippen molar-refractivity contribution >= 4 is 23.2 Å². The molecule has 3 aromatic rings. The molecule has 0 unspecified atom stereocenters. The zero-order valence-electron chi connectivity index (χ0n) is 14.4. The van der Waals surface area contributed by atoms with Crippen LogP contribution < -0.4 is 10.1 Å². The third-order valence-electron chi connectivity index (χ3n) is 3.53. The van der Waals surface area contributed by atoms with Crippen molar-refractivity contribution < 1.29 is 22.7 Å². The zero-order chi connectivity index (χ0) is 20.3. The fourth-order valence-corrected chi connectivity index (χ4v) is 2.49. The number of ether oxygens (including phenoxy) is 1. The van der Waals surface area contributed by atoms with Crippen LogP contribution in [-0.2, 0) is 6.18 Å². The van der Waals surface area contributed by atoms with Gasteiger partial charge < -0.3 is 10.1 Å². The van der Waals surface area contributed by atoms with Crippen molar-refractivity contribution in [3.63, 3.8) is 0 Å². The van der Waals surface area contributed by atoms with Gasteiger partial charge in [0.05, 0.1) is 0 Å². The molecule has 0 aliphatic carbocycles. The average molecular weight is 408 g/mol. The van der Waals surface area contributed by atoms with E-state index >= 15 is 0 Å². The number of hydrogen-bond donors (Lipinski definition) is 1. The third-order valence-corrected chi connectivity index (χ3v) is 3.76. The number of amides is 1. The quantitative estimate of drug-likeness (QED) is 0.620. The molecule has 1 amide bonds. The van der Waals surface area contributed by atoms with Crippen molar-refractivity contribution in [2.45, 2.75) is 13.1 Å². The summed E-state index contributed by atoms with van der Waals surface area (Å²) in [7, 11) is 0. The van der Waals surface area contributed by atoms with Gasteiger partial charge in [-0.1, -0.05) is 17.7 Å². The highest BCUT2D eigenvalue weighted by molar-refractivity contribution is 6.31. The van der Waals surface area contributed by atoms with Crippen molar-refractivity contribution in [2.75, 3.05) is 5.32 Å². The summed E-state index contributed by atoms with van der Waals surface area (Å²) in [6.07, 6.45) is -4.60. The minimum Gasteiger partial charge on any atom is -0.439 e. The van der Waals surface area contributed by atoms with Crippen LogP contribution in [0, 0.1) is 6.92 Å². The summed E-state index contributed by atoms with van der Waals surface area (Å²) >= 11 is 5.86. The van der Waals surface area contributed by atoms with E-state index in [0.717, 1.165) is 6.07 Å². The van der Waals surface area contributed by atoms with Gasteiger partial charge in [0, 0.05) is 22.3 Å². The molecule has 0 atom stereocenters. The highest BCUT2D eigenvalue weighted by atomic mass is 35.5. The van der Waals surface area contributed by atoms with Crippen LogP contribution >= 0.6 is 11.6 Å². The first kappa shape index (κ1) is 19.6. The molecule has 0 saturated heterocycles. The molecule has 0 aliphatic heterocycles. The lowest BCUT2D eigenvalue weighted by atomic mass is 10.2. The summed E-state index contributed by atoms with van der Waals surface area (Å²) in [5.41, 5.74) is -0.212. The van der Waals surface area contributed by atoms with Crippen molar-refractivity contribution in [3.8, 4) is 11.6 Å². The van der Waals surface area contributed by atoms with E-state index in [-0.39, 0.29) is 23.4 Å². The van der Waals surface area contributed by atoms with Crippen molar-refractivity contribution in [1.82, 2.24) is 9.97 Å². The summed E-state index contributed by atoms with van der Waals surface area (Å²) in [4.78, 5) is 19.4. The topological polar surface area (TPSA) is 64.1 Å². The van der Waals surface area contributed by atoms with Crippen molar-refractivity contribution in [2.24, 2.45) is 0 Å². The Morgan fingerprint density at radius 3 is 2.43 bits per heavy atom. The molecule has 144 valence electrons. The second kappa shape index (κ2) is 7.85. The van der Waals surface area contributed by atoms with Crippen LogP contribution in [-0.4, -0.2) is 15.9 Å². The fraction of sp³-hybridized carbons (Fsp3) is 0.105. The Labute approximate surface area is 163 Å². The molecule has 9 heteroatoms. The number of rotatable bonds is 4. The lowest BCUT2D eigenvalue weighted by molar-refractivity contribution is -0.141. The summed E-state index contributed by atoms with van der Waals surface area (Å²) in [6, 6.07) is 13.3. The summed E-state index contributed by atoms with van der Waals surface area (Å²) < 4.78 is 43.9. The Bertz CT molecular complexity index is 1010. The van der Waals surface area contributed by atoms with E-state index < -0.39 is 11.9 Å². The van der Waals surface area contributed by atoms with Gasteiger partial charge in [-0.15, -0.1) is 0 Å². The van der Waals surface area contributed by atoms with Gasteiger partial charge in [-0.2, -0.15) is 18.2 Å². The lowest BCUT2D eigenvalue weighted by Gasteiger charge is -2.10. The van der Waals surface area contributed by atoms with Gasteiger partial charge in [0.1, 0.15) is 11.6 Å². The van der Waals surface area contributed by atoms with Gasteiger partial charge >= 0.3 is 6.18 Å². The number of halogens is 4. The normalized spacial score (nSPS) is 11.2. The van der Waals surface area contributed by atoms with E-state index in [1.807, 2.05) is 0 Å². The molecule has 28 heavy (non-hydrogen) atoms. The Morgan fingerprint density at radius 1 is 1.07 bits per heavy atom. The van der Waals surface area contributed by atoms with Crippen LogP contribution in [0.25, 0.3) is 0 Å². The smallest absolute Gasteiger partial charge is 0.433 e. The number of alkyl halides is 3. The van der Waals surface area contributed by atoms with Gasteiger partial charge in [0.25, 0.3) is 5.91 Å². The molecule has 1 heterocycles. The molecule has 5 nitrogen and oxygen atoms in total. The van der Waals surface area contributed by atoms with Crippen LogP contribution in [0.3, 0.4) is 0 Å². The molecule has 1 aromatic heterocycles. The van der Waals surface area contributed by atoms with E-state index in [4.69, 9.17) is 16.3 Å². The standard InChI is InChI=1S/C19H13ClF3N3O2/c1-11-24-16(19(21,22)23)10-17(25-11)28-15-7-5-14(6-8-15)26-18(27)12-3-2-4-13(20)9-12/h2-10H,1H3,(H,26,27). The van der Waals surface area contributed by atoms with Crippen LogP contribution in [0.4, 0.5) is 18.9 Å². The van der Waals surface area contributed by atoms with Gasteiger partial charge in [0.15, 0.2) is 5.69 Å². The summed E-state index contributed by atoms with van der Waals surface area (Å²) in [5, 5.41) is 3.13. The van der Waals surface area contributed by atoms with Crippen LogP contribution in [0.15, 0.2) is 54.6 Å². The lowest BCUT2D eigenvalue weighted by Crippen LogP contribution is -2.11. The van der Waals surface area contributed by atoms with Gasteiger partial charge in [-0.3, -0.25) is 4.79 Å². The number of aromatic nitrogens is 2. The Balaban J connectivity index is 1.71. The maximum absolute atomic E-state index is 12.8. The van der Waals surface area contributed by atoms with E-state index in [9.17, 15) is 18.0 Å². The van der Waals surface area contributed by atoms with Crippen molar-refractivity contribution in [1.29, 1.82) is 0 Å². The first-order valence-corrected chi connectivity index (χ1v) is 8.36. The first-order chi connectivity index (χ1) is 13.2. The highest BCUT2D eigenvalue weighted by Crippen LogP contribution is 2.31. The molecule has 1 N–H and O–H groups in total. The number of aryl methyl sites for hydroxylation is 1. The molecule has 0 saturated carbocycles. The molecule has 3 rings (SSSR count). The molecule has 0 bridgehead atoms. The molecule has 0 radical (unpaired) electrons. The number of nitrogens with zero attached hydrogens (tertiary/aromatic N) is 2. The largest absolute Gasteiger partial charge is 0.439 e. The van der Waals surface area contributed by atoms with Crippen LogP contribution in [0.1, 0.15) is 21.9 Å². The fourth-order valence-electron chi connectivity index (χ4n) is 2.30. The highest BCUT2D eigenvalue weighted by Gasteiger charge is 2.33. The summed E-state index contributed by atoms with van der Waals surface area (Å²) in [6.45, 7) is 1.34. The third kappa shape index (κ3) is 4.98. The molecular formula is C19H13ClF3N3O2. The minimum absolute atomic E-state index is 0.0600. The number of carbonyl (C=O) groups excluding carboxylic acids is 1.